The third kappa shape index (κ3) is 4.35. The molecule has 0 aliphatic carbocycles. The highest BCUT2D eigenvalue weighted by Crippen LogP contribution is 2.16. The summed E-state index contributed by atoms with van der Waals surface area (Å²) in [6, 6.07) is 4.14. The number of nitrogens with one attached hydrogen (secondary N) is 1. The fourth-order valence-corrected chi connectivity index (χ4v) is 2.58. The molecule has 0 bridgehead atoms. The van der Waals surface area contributed by atoms with E-state index < -0.39 is 0 Å². The second kappa shape index (κ2) is 6.71. The lowest BCUT2D eigenvalue weighted by Gasteiger charge is -2.20. The molecule has 0 radical (unpaired) electrons. The largest absolute Gasteiger partial charge is 0.348 e. The molecule has 1 rings (SSSR count). The van der Waals surface area contributed by atoms with Crippen LogP contribution in [0.3, 0.4) is 0 Å². The molecule has 19 heavy (non-hydrogen) atoms. The van der Waals surface area contributed by atoms with Crippen LogP contribution < -0.4 is 11.1 Å². The van der Waals surface area contributed by atoms with Gasteiger partial charge in [-0.25, -0.2) is 0 Å². The Bertz CT molecular complexity index is 429. The Hall–Kier alpha value is -1.35. The molecule has 106 valence electrons. The van der Waals surface area contributed by atoms with Crippen molar-refractivity contribution in [2.45, 2.75) is 47.1 Å². The fourth-order valence-electron chi connectivity index (χ4n) is 2.58. The number of nitrogens with two attached hydrogens (primary N) is 1. The van der Waals surface area contributed by atoms with Crippen LogP contribution in [0.1, 0.15) is 47.3 Å². The van der Waals surface area contributed by atoms with Crippen molar-refractivity contribution in [3.63, 3.8) is 0 Å². The number of aryl methyl sites for hydroxylation is 3. The standard InChI is InChI=1S/C16H26N2O/c1-10(2)6-14(9-17)18-16(19)15-12(4)7-11(3)8-13(15)5/h7-8,10,14H,6,9,17H2,1-5H3,(H,18,19). The second-order valence-corrected chi connectivity index (χ2v) is 5.81. The van der Waals surface area contributed by atoms with Crippen LogP contribution in [0, 0.1) is 26.7 Å². The predicted octanol–water partition coefficient (Wildman–Crippen LogP) is 2.72. The van der Waals surface area contributed by atoms with Gasteiger partial charge in [0.05, 0.1) is 0 Å². The lowest BCUT2D eigenvalue weighted by Crippen LogP contribution is -2.41. The summed E-state index contributed by atoms with van der Waals surface area (Å²) in [5.74, 6) is 0.514. The zero-order valence-corrected chi connectivity index (χ0v) is 12.7. The van der Waals surface area contributed by atoms with Crippen LogP contribution in [0.25, 0.3) is 0 Å². The van der Waals surface area contributed by atoms with Crippen molar-refractivity contribution in [2.75, 3.05) is 6.54 Å². The second-order valence-electron chi connectivity index (χ2n) is 5.81. The number of hydrogen-bond donors (Lipinski definition) is 2. The molecule has 0 aliphatic heterocycles. The average molecular weight is 262 g/mol. The van der Waals surface area contributed by atoms with Crippen molar-refractivity contribution in [1.29, 1.82) is 0 Å². The van der Waals surface area contributed by atoms with Crippen molar-refractivity contribution in [3.05, 3.63) is 34.4 Å². The minimum atomic E-state index is -0.00824. The summed E-state index contributed by atoms with van der Waals surface area (Å²) in [6.07, 6.45) is 0.909. The van der Waals surface area contributed by atoms with Crippen molar-refractivity contribution in [1.82, 2.24) is 5.32 Å². The first-order valence-corrected chi connectivity index (χ1v) is 6.94. The lowest BCUT2D eigenvalue weighted by atomic mass is 9.98. The Morgan fingerprint density at radius 2 is 1.74 bits per heavy atom. The number of carbonyl (C=O) groups excluding carboxylic acids is 1. The first-order chi connectivity index (χ1) is 8.85. The summed E-state index contributed by atoms with van der Waals surface area (Å²) in [7, 11) is 0. The fraction of sp³-hybridized carbons (Fsp3) is 0.562. The van der Waals surface area contributed by atoms with Gasteiger partial charge in [-0.3, -0.25) is 4.79 Å². The molecular formula is C16H26N2O. The third-order valence-corrected chi connectivity index (χ3v) is 3.28. The van der Waals surface area contributed by atoms with Gasteiger partial charge in [-0.05, 0) is 44.2 Å². The van der Waals surface area contributed by atoms with E-state index in [1.165, 1.54) is 5.56 Å². The van der Waals surface area contributed by atoms with Crippen LogP contribution in [0.2, 0.25) is 0 Å². The Morgan fingerprint density at radius 1 is 1.21 bits per heavy atom. The molecule has 3 heteroatoms. The molecule has 0 aliphatic rings. The van der Waals surface area contributed by atoms with Crippen LogP contribution in [0.4, 0.5) is 0 Å². The minimum Gasteiger partial charge on any atom is -0.348 e. The van der Waals surface area contributed by atoms with Gasteiger partial charge in [-0.15, -0.1) is 0 Å². The summed E-state index contributed by atoms with van der Waals surface area (Å²) in [5, 5.41) is 3.05. The highest BCUT2D eigenvalue weighted by atomic mass is 16.1. The normalized spacial score (nSPS) is 12.6. The van der Waals surface area contributed by atoms with Gasteiger partial charge >= 0.3 is 0 Å². The molecule has 0 fully saturated rings. The molecule has 1 aromatic rings. The summed E-state index contributed by atoms with van der Waals surface area (Å²) >= 11 is 0. The minimum absolute atomic E-state index is 0.00824. The summed E-state index contributed by atoms with van der Waals surface area (Å²) in [5.41, 5.74) is 9.75. The van der Waals surface area contributed by atoms with Crippen LogP contribution in [-0.2, 0) is 0 Å². The summed E-state index contributed by atoms with van der Waals surface area (Å²) < 4.78 is 0. The zero-order chi connectivity index (χ0) is 14.6. The maximum atomic E-state index is 12.4. The smallest absolute Gasteiger partial charge is 0.252 e. The number of hydrogen-bond acceptors (Lipinski definition) is 2. The van der Waals surface area contributed by atoms with E-state index in [2.05, 4.69) is 19.2 Å². The van der Waals surface area contributed by atoms with E-state index in [9.17, 15) is 4.79 Å². The summed E-state index contributed by atoms with van der Waals surface area (Å²) in [6.45, 7) is 10.8. The van der Waals surface area contributed by atoms with Crippen molar-refractivity contribution >= 4 is 5.91 Å². The lowest BCUT2D eigenvalue weighted by molar-refractivity contribution is 0.0932. The number of amides is 1. The zero-order valence-electron chi connectivity index (χ0n) is 12.7. The van der Waals surface area contributed by atoms with E-state index in [-0.39, 0.29) is 11.9 Å². The van der Waals surface area contributed by atoms with E-state index in [1.807, 2.05) is 32.9 Å². The van der Waals surface area contributed by atoms with Gasteiger partial charge in [-0.2, -0.15) is 0 Å². The van der Waals surface area contributed by atoms with E-state index in [0.29, 0.717) is 12.5 Å². The van der Waals surface area contributed by atoms with Crippen LogP contribution >= 0.6 is 0 Å². The van der Waals surface area contributed by atoms with E-state index in [0.717, 1.165) is 23.1 Å². The molecule has 0 heterocycles. The molecule has 1 aromatic carbocycles. The average Bonchev–Trinajstić information content (AvgIpc) is 2.25. The predicted molar refractivity (Wildman–Crippen MR) is 80.4 cm³/mol. The maximum absolute atomic E-state index is 12.4. The van der Waals surface area contributed by atoms with Gasteiger partial charge in [0.15, 0.2) is 0 Å². The van der Waals surface area contributed by atoms with Gasteiger partial charge in [0.25, 0.3) is 5.91 Å². The molecule has 0 aromatic heterocycles. The van der Waals surface area contributed by atoms with E-state index in [1.54, 1.807) is 0 Å². The highest BCUT2D eigenvalue weighted by Gasteiger charge is 2.17. The van der Waals surface area contributed by atoms with E-state index >= 15 is 0 Å². The van der Waals surface area contributed by atoms with Crippen molar-refractivity contribution in [3.8, 4) is 0 Å². The molecule has 1 unspecified atom stereocenters. The van der Waals surface area contributed by atoms with Gasteiger partial charge < -0.3 is 11.1 Å². The first kappa shape index (κ1) is 15.7. The van der Waals surface area contributed by atoms with Crippen molar-refractivity contribution in [2.24, 2.45) is 11.7 Å². The Labute approximate surface area is 116 Å². The third-order valence-electron chi connectivity index (χ3n) is 3.28. The molecule has 3 nitrogen and oxygen atoms in total. The Morgan fingerprint density at radius 3 is 2.16 bits per heavy atom. The summed E-state index contributed by atoms with van der Waals surface area (Å²) in [4.78, 5) is 12.4. The number of benzene rings is 1. The van der Waals surface area contributed by atoms with Gasteiger partial charge in [0.1, 0.15) is 0 Å². The molecule has 3 N–H and O–H groups in total. The number of carbonyl (C=O) groups is 1. The molecule has 1 amide bonds. The van der Waals surface area contributed by atoms with E-state index in [4.69, 9.17) is 5.73 Å². The topological polar surface area (TPSA) is 55.1 Å². The maximum Gasteiger partial charge on any atom is 0.252 e. The molecule has 0 saturated heterocycles. The van der Waals surface area contributed by atoms with Crippen molar-refractivity contribution < 1.29 is 4.79 Å². The van der Waals surface area contributed by atoms with Crippen LogP contribution in [0.5, 0.6) is 0 Å². The van der Waals surface area contributed by atoms with Crippen LogP contribution in [-0.4, -0.2) is 18.5 Å². The quantitative estimate of drug-likeness (QED) is 0.857. The molecule has 0 spiro atoms. The Balaban J connectivity index is 2.89. The Kier molecular flexibility index (Phi) is 5.55. The van der Waals surface area contributed by atoms with Gasteiger partial charge in [-0.1, -0.05) is 31.5 Å². The first-order valence-electron chi connectivity index (χ1n) is 6.94. The molecular weight excluding hydrogens is 236 g/mol. The van der Waals surface area contributed by atoms with Gasteiger partial charge in [0.2, 0.25) is 0 Å². The van der Waals surface area contributed by atoms with Gasteiger partial charge in [0, 0.05) is 18.2 Å². The highest BCUT2D eigenvalue weighted by molar-refractivity contribution is 5.97. The van der Waals surface area contributed by atoms with Crippen LogP contribution in [0.15, 0.2) is 12.1 Å². The SMILES string of the molecule is Cc1cc(C)c(C(=O)NC(CN)CC(C)C)c(C)c1. The molecule has 1 atom stereocenters. The monoisotopic (exact) mass is 262 g/mol. The molecule has 0 saturated carbocycles. The number of rotatable bonds is 5.